The van der Waals surface area contributed by atoms with Crippen LogP contribution < -0.4 is 9.47 Å². The van der Waals surface area contributed by atoms with Gasteiger partial charge in [-0.1, -0.05) is 35.3 Å². The summed E-state index contributed by atoms with van der Waals surface area (Å²) in [5.74, 6) is 1.76. The lowest BCUT2D eigenvalue weighted by molar-refractivity contribution is 0.414. The predicted octanol–water partition coefficient (Wildman–Crippen LogP) is 8.16. The molecular formula is C26H22O2S3. The summed E-state index contributed by atoms with van der Waals surface area (Å²) in [4.78, 5) is 7.31. The van der Waals surface area contributed by atoms with E-state index in [0.717, 1.165) is 11.5 Å². The van der Waals surface area contributed by atoms with Gasteiger partial charge in [0.1, 0.15) is 11.5 Å². The van der Waals surface area contributed by atoms with Crippen molar-refractivity contribution in [2.24, 2.45) is 0 Å². The second-order valence-corrected chi connectivity index (χ2v) is 10.0. The van der Waals surface area contributed by atoms with Gasteiger partial charge in [-0.15, -0.1) is 0 Å². The van der Waals surface area contributed by atoms with Crippen molar-refractivity contribution in [1.29, 1.82) is 0 Å². The molecular weight excluding hydrogens is 440 g/mol. The van der Waals surface area contributed by atoms with E-state index in [9.17, 15) is 0 Å². The van der Waals surface area contributed by atoms with Gasteiger partial charge in [-0.25, -0.2) is 0 Å². The maximum Gasteiger partial charge on any atom is 0.118 e. The minimum Gasteiger partial charge on any atom is -0.497 e. The Morgan fingerprint density at radius 3 is 0.742 bits per heavy atom. The Morgan fingerprint density at radius 1 is 0.355 bits per heavy atom. The van der Waals surface area contributed by atoms with Gasteiger partial charge >= 0.3 is 0 Å². The molecule has 0 aromatic heterocycles. The highest BCUT2D eigenvalue weighted by molar-refractivity contribution is 8.00. The summed E-state index contributed by atoms with van der Waals surface area (Å²) in [5.41, 5.74) is 0. The number of methoxy groups -OCH3 is 2. The van der Waals surface area contributed by atoms with E-state index < -0.39 is 0 Å². The molecule has 0 radical (unpaired) electrons. The highest BCUT2D eigenvalue weighted by atomic mass is 32.2. The Labute approximate surface area is 196 Å². The molecule has 2 nitrogen and oxygen atoms in total. The maximum atomic E-state index is 5.22. The van der Waals surface area contributed by atoms with Crippen LogP contribution in [0.2, 0.25) is 0 Å². The molecule has 156 valence electrons. The molecule has 5 heteroatoms. The minimum atomic E-state index is 0.879. The second kappa shape index (κ2) is 10.7. The van der Waals surface area contributed by atoms with Crippen LogP contribution in [0.15, 0.2) is 126 Å². The zero-order valence-corrected chi connectivity index (χ0v) is 19.7. The van der Waals surface area contributed by atoms with Crippen LogP contribution in [0, 0.1) is 0 Å². The van der Waals surface area contributed by atoms with Crippen LogP contribution in [0.1, 0.15) is 0 Å². The molecule has 0 aliphatic rings. The van der Waals surface area contributed by atoms with Gasteiger partial charge in [0.25, 0.3) is 0 Å². The second-order valence-electron chi connectivity index (χ2n) is 6.60. The van der Waals surface area contributed by atoms with E-state index in [0.29, 0.717) is 0 Å². The average Bonchev–Trinajstić information content (AvgIpc) is 2.82. The third-order valence-electron chi connectivity index (χ3n) is 4.47. The largest absolute Gasteiger partial charge is 0.497 e. The zero-order valence-electron chi connectivity index (χ0n) is 17.3. The molecule has 0 aliphatic carbocycles. The lowest BCUT2D eigenvalue weighted by Crippen LogP contribution is -1.81. The van der Waals surface area contributed by atoms with Gasteiger partial charge in [-0.2, -0.15) is 0 Å². The summed E-state index contributed by atoms with van der Waals surface area (Å²) in [6.45, 7) is 0. The van der Waals surface area contributed by atoms with Crippen LogP contribution in [0.5, 0.6) is 11.5 Å². The van der Waals surface area contributed by atoms with Crippen molar-refractivity contribution >= 4 is 35.3 Å². The minimum absolute atomic E-state index is 0.879. The van der Waals surface area contributed by atoms with Crippen LogP contribution in [0.25, 0.3) is 0 Å². The summed E-state index contributed by atoms with van der Waals surface area (Å²) in [6, 6.07) is 33.7. The quantitative estimate of drug-likeness (QED) is 0.262. The Hall–Kier alpha value is -2.47. The third-order valence-corrected chi connectivity index (χ3v) is 7.52. The van der Waals surface area contributed by atoms with Gasteiger partial charge in [0.15, 0.2) is 0 Å². The average molecular weight is 463 g/mol. The summed E-state index contributed by atoms with van der Waals surface area (Å²) < 4.78 is 10.4. The van der Waals surface area contributed by atoms with E-state index >= 15 is 0 Å². The number of hydrogen-bond acceptors (Lipinski definition) is 5. The summed E-state index contributed by atoms with van der Waals surface area (Å²) in [7, 11) is 3.37. The lowest BCUT2D eigenvalue weighted by atomic mass is 10.3. The van der Waals surface area contributed by atoms with Gasteiger partial charge in [0, 0.05) is 29.4 Å². The fourth-order valence-corrected chi connectivity index (χ4v) is 5.30. The topological polar surface area (TPSA) is 18.5 Å². The fourth-order valence-electron chi connectivity index (χ4n) is 2.85. The van der Waals surface area contributed by atoms with Crippen molar-refractivity contribution in [3.63, 3.8) is 0 Å². The Balaban J connectivity index is 1.34. The monoisotopic (exact) mass is 462 g/mol. The van der Waals surface area contributed by atoms with Crippen molar-refractivity contribution in [2.45, 2.75) is 29.4 Å². The number of rotatable bonds is 8. The molecule has 4 aromatic rings. The molecule has 0 N–H and O–H groups in total. The van der Waals surface area contributed by atoms with E-state index in [2.05, 4.69) is 72.8 Å². The van der Waals surface area contributed by atoms with Crippen LogP contribution >= 0.6 is 35.3 Å². The first-order valence-corrected chi connectivity index (χ1v) is 12.2. The van der Waals surface area contributed by atoms with Crippen LogP contribution in [-0.4, -0.2) is 14.2 Å². The van der Waals surface area contributed by atoms with Gasteiger partial charge in [-0.3, -0.25) is 0 Å². The predicted molar refractivity (Wildman–Crippen MR) is 131 cm³/mol. The van der Waals surface area contributed by atoms with E-state index in [1.165, 1.54) is 29.4 Å². The molecule has 4 rings (SSSR count). The van der Waals surface area contributed by atoms with Crippen molar-refractivity contribution in [2.75, 3.05) is 14.2 Å². The van der Waals surface area contributed by atoms with Crippen LogP contribution in [0.3, 0.4) is 0 Å². The fraction of sp³-hybridized carbons (Fsp3) is 0.0769. The number of hydrogen-bond donors (Lipinski definition) is 0. The molecule has 0 amide bonds. The highest BCUT2D eigenvalue weighted by Crippen LogP contribution is 2.35. The molecule has 0 unspecified atom stereocenters. The highest BCUT2D eigenvalue weighted by Gasteiger charge is 2.03. The Morgan fingerprint density at radius 2 is 0.548 bits per heavy atom. The Kier molecular flexibility index (Phi) is 7.52. The molecule has 0 atom stereocenters. The molecule has 0 saturated carbocycles. The molecule has 0 spiro atoms. The summed E-state index contributed by atoms with van der Waals surface area (Å²) >= 11 is 5.28. The standard InChI is InChI=1S/C26H22O2S3/c1-27-19-3-7-21(8-4-19)29-23-11-15-25(16-12-23)31-26-17-13-24(14-18-26)30-22-9-5-20(28-2)6-10-22/h3-18H,1-2H3. The molecule has 31 heavy (non-hydrogen) atoms. The number of benzene rings is 4. The first kappa shape index (κ1) is 21.8. The van der Waals surface area contributed by atoms with Crippen molar-refractivity contribution in [1.82, 2.24) is 0 Å². The van der Waals surface area contributed by atoms with E-state index in [4.69, 9.17) is 9.47 Å². The van der Waals surface area contributed by atoms with E-state index in [-0.39, 0.29) is 0 Å². The first-order valence-electron chi connectivity index (χ1n) is 9.73. The van der Waals surface area contributed by atoms with E-state index in [1.807, 2.05) is 24.3 Å². The zero-order chi connectivity index (χ0) is 21.5. The van der Waals surface area contributed by atoms with Crippen molar-refractivity contribution in [3.05, 3.63) is 97.1 Å². The van der Waals surface area contributed by atoms with Crippen molar-refractivity contribution in [3.8, 4) is 11.5 Å². The maximum absolute atomic E-state index is 5.22. The summed E-state index contributed by atoms with van der Waals surface area (Å²) in [5, 5.41) is 0. The van der Waals surface area contributed by atoms with Gasteiger partial charge in [0.05, 0.1) is 14.2 Å². The summed E-state index contributed by atoms with van der Waals surface area (Å²) in [6.07, 6.45) is 0. The Bertz CT molecular complexity index is 1000. The molecule has 0 heterocycles. The smallest absolute Gasteiger partial charge is 0.118 e. The van der Waals surface area contributed by atoms with E-state index in [1.54, 1.807) is 49.5 Å². The molecule has 0 saturated heterocycles. The first-order chi connectivity index (χ1) is 15.2. The molecule has 0 fully saturated rings. The van der Waals surface area contributed by atoms with Gasteiger partial charge < -0.3 is 9.47 Å². The normalized spacial score (nSPS) is 10.6. The van der Waals surface area contributed by atoms with Gasteiger partial charge in [-0.05, 0) is 97.1 Å². The SMILES string of the molecule is COc1ccc(Sc2ccc(Sc3ccc(Sc4ccc(OC)cc4)cc3)cc2)cc1. The molecule has 4 aromatic carbocycles. The van der Waals surface area contributed by atoms with Crippen molar-refractivity contribution < 1.29 is 9.47 Å². The van der Waals surface area contributed by atoms with Crippen LogP contribution in [-0.2, 0) is 0 Å². The third kappa shape index (κ3) is 6.26. The lowest BCUT2D eigenvalue weighted by Gasteiger charge is -2.07. The van der Waals surface area contributed by atoms with Crippen LogP contribution in [0.4, 0.5) is 0 Å². The molecule has 0 aliphatic heterocycles. The number of ether oxygens (including phenoxy) is 2. The van der Waals surface area contributed by atoms with Gasteiger partial charge in [0.2, 0.25) is 0 Å². The molecule has 0 bridgehead atoms.